The van der Waals surface area contributed by atoms with Crippen LogP contribution < -0.4 is 14.2 Å². The third-order valence-corrected chi connectivity index (χ3v) is 2.46. The number of rotatable bonds is 7. The van der Waals surface area contributed by atoms with Gasteiger partial charge >= 0.3 is 5.97 Å². The van der Waals surface area contributed by atoms with E-state index in [9.17, 15) is 9.90 Å². The summed E-state index contributed by atoms with van der Waals surface area (Å²) in [5.41, 5.74) is -0.0398. The summed E-state index contributed by atoms with van der Waals surface area (Å²) in [5.74, 6) is -0.345. The Kier molecular flexibility index (Phi) is 5.73. The summed E-state index contributed by atoms with van der Waals surface area (Å²) in [6.45, 7) is 2.38. The third-order valence-electron chi connectivity index (χ3n) is 2.46. The lowest BCUT2D eigenvalue weighted by atomic mass is 10.1. The van der Waals surface area contributed by atoms with Gasteiger partial charge in [-0.25, -0.2) is 4.79 Å². The van der Waals surface area contributed by atoms with Crippen molar-refractivity contribution in [3.05, 3.63) is 29.8 Å². The molecule has 0 fully saturated rings. The van der Waals surface area contributed by atoms with Crippen LogP contribution in [0.2, 0.25) is 0 Å². The van der Waals surface area contributed by atoms with Crippen molar-refractivity contribution in [2.75, 3.05) is 20.8 Å². The number of allylic oxidation sites excluding steroid dienone is 1. The van der Waals surface area contributed by atoms with Crippen LogP contribution in [-0.4, -0.2) is 31.9 Å². The van der Waals surface area contributed by atoms with E-state index in [0.717, 1.165) is 6.42 Å². The molecule has 0 aliphatic heterocycles. The molecule has 0 saturated heterocycles. The van der Waals surface area contributed by atoms with Gasteiger partial charge in [-0.3, -0.25) is 0 Å². The van der Waals surface area contributed by atoms with Gasteiger partial charge in [0.2, 0.25) is 0 Å². The molecule has 0 bridgehead atoms. The lowest BCUT2D eigenvalue weighted by Gasteiger charge is -2.14. The van der Waals surface area contributed by atoms with Gasteiger partial charge in [-0.05, 0) is 18.6 Å². The Morgan fingerprint density at radius 3 is 2.42 bits per heavy atom. The number of hydrogen-bond acceptors (Lipinski definition) is 4. The zero-order valence-electron chi connectivity index (χ0n) is 11.3. The first-order valence-corrected chi connectivity index (χ1v) is 5.91. The summed E-state index contributed by atoms with van der Waals surface area (Å²) in [6.07, 6.45) is 4.75. The van der Waals surface area contributed by atoms with Crippen molar-refractivity contribution in [1.82, 2.24) is 0 Å². The Bertz CT molecular complexity index is 465. The fourth-order valence-electron chi connectivity index (χ4n) is 1.61. The number of methoxy groups -OCH3 is 2. The number of aromatic carboxylic acids is 1. The van der Waals surface area contributed by atoms with E-state index in [2.05, 4.69) is 0 Å². The molecule has 5 nitrogen and oxygen atoms in total. The molecule has 19 heavy (non-hydrogen) atoms. The molecule has 0 atom stereocenters. The maximum Gasteiger partial charge on any atom is 0.343 e. The molecule has 1 N–H and O–H groups in total. The molecule has 0 amide bonds. The maximum atomic E-state index is 11.3. The van der Waals surface area contributed by atoms with E-state index in [-0.39, 0.29) is 17.1 Å². The zero-order valence-corrected chi connectivity index (χ0v) is 11.3. The lowest BCUT2D eigenvalue weighted by Crippen LogP contribution is -2.06. The maximum absolute atomic E-state index is 11.3. The topological polar surface area (TPSA) is 65.0 Å². The molecular weight excluding hydrogens is 248 g/mol. The number of carboxylic acids is 1. The van der Waals surface area contributed by atoms with Crippen molar-refractivity contribution in [1.29, 1.82) is 0 Å². The zero-order chi connectivity index (χ0) is 14.3. The highest BCUT2D eigenvalue weighted by Crippen LogP contribution is 2.37. The average molecular weight is 266 g/mol. The van der Waals surface area contributed by atoms with Crippen LogP contribution in [0.15, 0.2) is 24.3 Å². The van der Waals surface area contributed by atoms with Crippen LogP contribution in [0.5, 0.6) is 17.2 Å². The van der Waals surface area contributed by atoms with Gasteiger partial charge in [0.05, 0.1) is 14.2 Å². The van der Waals surface area contributed by atoms with Gasteiger partial charge in [0.1, 0.15) is 17.9 Å². The van der Waals surface area contributed by atoms with Crippen molar-refractivity contribution in [3.63, 3.8) is 0 Å². The summed E-state index contributed by atoms with van der Waals surface area (Å²) in [4.78, 5) is 11.3. The van der Waals surface area contributed by atoms with Gasteiger partial charge in [0.15, 0.2) is 11.5 Å². The predicted molar refractivity (Wildman–Crippen MR) is 71.4 cm³/mol. The van der Waals surface area contributed by atoms with E-state index in [1.165, 1.54) is 14.2 Å². The van der Waals surface area contributed by atoms with E-state index < -0.39 is 5.97 Å². The molecule has 0 spiro atoms. The van der Waals surface area contributed by atoms with Crippen molar-refractivity contribution in [2.45, 2.75) is 13.3 Å². The average Bonchev–Trinajstić information content (AvgIpc) is 2.42. The smallest absolute Gasteiger partial charge is 0.343 e. The highest BCUT2D eigenvalue weighted by Gasteiger charge is 2.21. The molecule has 0 heterocycles. The van der Waals surface area contributed by atoms with E-state index >= 15 is 0 Å². The number of ether oxygens (including phenoxy) is 3. The Morgan fingerprint density at radius 2 is 1.89 bits per heavy atom. The molecule has 0 aromatic heterocycles. The van der Waals surface area contributed by atoms with Crippen LogP contribution in [0.25, 0.3) is 0 Å². The van der Waals surface area contributed by atoms with E-state index in [0.29, 0.717) is 12.4 Å². The van der Waals surface area contributed by atoms with E-state index in [4.69, 9.17) is 14.2 Å². The molecule has 104 valence electrons. The minimum Gasteiger partial charge on any atom is -0.496 e. The molecular formula is C14H18O5. The van der Waals surface area contributed by atoms with Gasteiger partial charge in [-0.15, -0.1) is 0 Å². The largest absolute Gasteiger partial charge is 0.496 e. The fraction of sp³-hybridized carbons (Fsp3) is 0.357. The Morgan fingerprint density at radius 1 is 1.21 bits per heavy atom. The molecule has 5 heteroatoms. The summed E-state index contributed by atoms with van der Waals surface area (Å²) in [6, 6.07) is 3.18. The molecule has 1 aromatic carbocycles. The van der Waals surface area contributed by atoms with Crippen molar-refractivity contribution < 1.29 is 24.1 Å². The van der Waals surface area contributed by atoms with Gasteiger partial charge in [-0.1, -0.05) is 19.1 Å². The molecule has 0 unspecified atom stereocenters. The Labute approximate surface area is 112 Å². The molecule has 1 rings (SSSR count). The molecule has 1 aromatic rings. The second kappa shape index (κ2) is 7.31. The molecule has 0 aliphatic rings. The van der Waals surface area contributed by atoms with E-state index in [1.54, 1.807) is 12.1 Å². The van der Waals surface area contributed by atoms with Crippen LogP contribution in [0.3, 0.4) is 0 Å². The van der Waals surface area contributed by atoms with Gasteiger partial charge in [-0.2, -0.15) is 0 Å². The standard InChI is InChI=1S/C14H18O5/c1-4-5-6-9-19-11-8-7-10(17-2)12(14(15)16)13(11)18-3/h5-8H,4,9H2,1-3H3,(H,15,16). The molecule has 0 saturated carbocycles. The SMILES string of the molecule is CCC=CCOc1ccc(OC)c(C(=O)O)c1OC. The Balaban J connectivity index is 3.08. The highest BCUT2D eigenvalue weighted by atomic mass is 16.5. The minimum atomic E-state index is -1.12. The monoisotopic (exact) mass is 266 g/mol. The normalized spacial score (nSPS) is 10.5. The van der Waals surface area contributed by atoms with Crippen molar-refractivity contribution >= 4 is 5.97 Å². The second-order valence-electron chi connectivity index (χ2n) is 3.67. The fourth-order valence-corrected chi connectivity index (χ4v) is 1.61. The molecule has 0 radical (unpaired) electrons. The first-order chi connectivity index (χ1) is 9.15. The number of carbonyl (C=O) groups is 1. The van der Waals surface area contributed by atoms with Gasteiger partial charge in [0, 0.05) is 0 Å². The number of carboxylic acid groups (broad SMARTS) is 1. The second-order valence-corrected chi connectivity index (χ2v) is 3.67. The van der Waals surface area contributed by atoms with Crippen LogP contribution >= 0.6 is 0 Å². The summed E-state index contributed by atoms with van der Waals surface area (Å²) < 4.78 is 15.6. The van der Waals surface area contributed by atoms with Crippen LogP contribution in [0, 0.1) is 0 Å². The first-order valence-electron chi connectivity index (χ1n) is 5.91. The minimum absolute atomic E-state index is 0.0398. The predicted octanol–water partition coefficient (Wildman–Crippen LogP) is 2.75. The van der Waals surface area contributed by atoms with E-state index in [1.807, 2.05) is 19.1 Å². The van der Waals surface area contributed by atoms with Gasteiger partial charge in [0.25, 0.3) is 0 Å². The highest BCUT2D eigenvalue weighted by molar-refractivity contribution is 5.95. The first kappa shape index (κ1) is 14.9. The summed E-state index contributed by atoms with van der Waals surface area (Å²) in [7, 11) is 2.81. The van der Waals surface area contributed by atoms with Crippen molar-refractivity contribution in [2.24, 2.45) is 0 Å². The third kappa shape index (κ3) is 3.64. The van der Waals surface area contributed by atoms with Crippen LogP contribution in [-0.2, 0) is 0 Å². The van der Waals surface area contributed by atoms with Crippen LogP contribution in [0.1, 0.15) is 23.7 Å². The quantitative estimate of drug-likeness (QED) is 0.769. The number of benzene rings is 1. The van der Waals surface area contributed by atoms with Crippen molar-refractivity contribution in [3.8, 4) is 17.2 Å². The summed E-state index contributed by atoms with van der Waals surface area (Å²) >= 11 is 0. The summed E-state index contributed by atoms with van der Waals surface area (Å²) in [5, 5.41) is 9.21. The van der Waals surface area contributed by atoms with Crippen LogP contribution in [0.4, 0.5) is 0 Å². The number of hydrogen-bond donors (Lipinski definition) is 1. The lowest BCUT2D eigenvalue weighted by molar-refractivity contribution is 0.0688. The van der Waals surface area contributed by atoms with Gasteiger partial charge < -0.3 is 19.3 Å². The Hall–Kier alpha value is -2.17. The molecule has 0 aliphatic carbocycles.